The zero-order chi connectivity index (χ0) is 12.4. The Balaban J connectivity index is 2.14. The smallest absolute Gasteiger partial charge is 0.310 e. The summed E-state index contributed by atoms with van der Waals surface area (Å²) in [6.07, 6.45) is 4.93. The first-order valence-electron chi connectivity index (χ1n) is 6.20. The molecule has 2 bridgehead atoms. The molecular weight excluding hydrogens is 220 g/mol. The number of ether oxygens (including phenoxy) is 2. The van der Waals surface area contributed by atoms with Crippen LogP contribution in [-0.4, -0.2) is 25.2 Å². The van der Waals surface area contributed by atoms with Crippen LogP contribution >= 0.6 is 0 Å². The van der Waals surface area contributed by atoms with E-state index in [0.717, 1.165) is 6.42 Å². The summed E-state index contributed by atoms with van der Waals surface area (Å²) in [7, 11) is 0. The van der Waals surface area contributed by atoms with Gasteiger partial charge in [-0.3, -0.25) is 9.59 Å². The van der Waals surface area contributed by atoms with Crippen molar-refractivity contribution < 1.29 is 19.1 Å². The first-order chi connectivity index (χ1) is 8.19. The van der Waals surface area contributed by atoms with Gasteiger partial charge in [0.25, 0.3) is 0 Å². The second-order valence-electron chi connectivity index (χ2n) is 4.50. The van der Waals surface area contributed by atoms with Gasteiger partial charge < -0.3 is 9.47 Å². The standard InChI is InChI=1S/C13H18O4/c1-3-16-12(14)10-8-5-6-9(7-8)11(10)13(15)17-4-2/h5-6,8-11H,3-4,7H2,1-2H3/t8-,9+,10+,11?/m0/s1. The van der Waals surface area contributed by atoms with Crippen LogP contribution in [0.25, 0.3) is 0 Å². The highest BCUT2D eigenvalue weighted by Crippen LogP contribution is 2.48. The van der Waals surface area contributed by atoms with Crippen LogP contribution < -0.4 is 0 Å². The van der Waals surface area contributed by atoms with Gasteiger partial charge in [0.15, 0.2) is 0 Å². The van der Waals surface area contributed by atoms with Gasteiger partial charge in [0.2, 0.25) is 0 Å². The molecule has 17 heavy (non-hydrogen) atoms. The molecule has 1 fully saturated rings. The number of esters is 2. The lowest BCUT2D eigenvalue weighted by molar-refractivity contribution is -0.160. The molecule has 0 aliphatic heterocycles. The van der Waals surface area contributed by atoms with Gasteiger partial charge in [0.05, 0.1) is 25.0 Å². The fraction of sp³-hybridized carbons (Fsp3) is 0.692. The van der Waals surface area contributed by atoms with Gasteiger partial charge in [0, 0.05) is 0 Å². The van der Waals surface area contributed by atoms with Crippen molar-refractivity contribution >= 4 is 11.9 Å². The van der Waals surface area contributed by atoms with Gasteiger partial charge >= 0.3 is 11.9 Å². The van der Waals surface area contributed by atoms with Crippen molar-refractivity contribution in [3.63, 3.8) is 0 Å². The highest BCUT2D eigenvalue weighted by Gasteiger charge is 2.52. The zero-order valence-electron chi connectivity index (χ0n) is 10.2. The van der Waals surface area contributed by atoms with Gasteiger partial charge in [-0.2, -0.15) is 0 Å². The SMILES string of the molecule is CCOC(=O)C1[C@@H]2C=C[C@@H](C2)[C@H]1C(=O)OCC. The Morgan fingerprint density at radius 1 is 1.00 bits per heavy atom. The van der Waals surface area contributed by atoms with Crippen molar-refractivity contribution in [1.82, 2.24) is 0 Å². The second-order valence-corrected chi connectivity index (χ2v) is 4.50. The molecule has 0 aromatic heterocycles. The van der Waals surface area contributed by atoms with E-state index in [0.29, 0.717) is 13.2 Å². The van der Waals surface area contributed by atoms with E-state index in [-0.39, 0.29) is 35.6 Å². The average Bonchev–Trinajstić information content (AvgIpc) is 2.89. The highest BCUT2D eigenvalue weighted by molar-refractivity contribution is 5.84. The summed E-state index contributed by atoms with van der Waals surface area (Å²) in [6, 6.07) is 0. The van der Waals surface area contributed by atoms with Gasteiger partial charge in [-0.15, -0.1) is 0 Å². The molecular formula is C13H18O4. The van der Waals surface area contributed by atoms with Gasteiger partial charge in [-0.25, -0.2) is 0 Å². The minimum absolute atomic E-state index is 0.147. The first-order valence-corrected chi connectivity index (χ1v) is 6.20. The van der Waals surface area contributed by atoms with E-state index < -0.39 is 0 Å². The maximum Gasteiger partial charge on any atom is 0.310 e. The van der Waals surface area contributed by atoms with Crippen LogP contribution in [0.4, 0.5) is 0 Å². The van der Waals surface area contributed by atoms with E-state index in [9.17, 15) is 9.59 Å². The molecule has 0 heterocycles. The van der Waals surface area contributed by atoms with Crippen molar-refractivity contribution in [3.8, 4) is 0 Å². The monoisotopic (exact) mass is 238 g/mol. The lowest BCUT2D eigenvalue weighted by Crippen LogP contribution is -2.35. The Hall–Kier alpha value is -1.32. The summed E-state index contributed by atoms with van der Waals surface area (Å²) in [5.74, 6) is -0.917. The number of hydrogen-bond acceptors (Lipinski definition) is 4. The van der Waals surface area contributed by atoms with Gasteiger partial charge in [-0.05, 0) is 32.1 Å². The third-order valence-corrected chi connectivity index (χ3v) is 3.58. The van der Waals surface area contributed by atoms with Crippen LogP contribution in [0.2, 0.25) is 0 Å². The molecule has 0 N–H and O–H groups in total. The number of carbonyl (C=O) groups is 2. The van der Waals surface area contributed by atoms with Crippen molar-refractivity contribution in [3.05, 3.63) is 12.2 Å². The number of fused-ring (bicyclic) bond motifs is 2. The molecule has 0 aromatic carbocycles. The summed E-state index contributed by atoms with van der Waals surface area (Å²) in [5.41, 5.74) is 0. The van der Waals surface area contributed by atoms with Crippen LogP contribution in [0.5, 0.6) is 0 Å². The summed E-state index contributed by atoms with van der Waals surface area (Å²) in [4.78, 5) is 23.8. The molecule has 0 aromatic rings. The molecule has 1 saturated carbocycles. The molecule has 4 nitrogen and oxygen atoms in total. The van der Waals surface area contributed by atoms with E-state index in [1.54, 1.807) is 13.8 Å². The van der Waals surface area contributed by atoms with Crippen LogP contribution in [0, 0.1) is 23.7 Å². The van der Waals surface area contributed by atoms with Crippen molar-refractivity contribution in [2.45, 2.75) is 20.3 Å². The minimum Gasteiger partial charge on any atom is -0.466 e. The fourth-order valence-corrected chi connectivity index (χ4v) is 2.94. The Morgan fingerprint density at radius 2 is 1.41 bits per heavy atom. The predicted molar refractivity (Wildman–Crippen MR) is 61.0 cm³/mol. The number of hydrogen-bond donors (Lipinski definition) is 0. The van der Waals surface area contributed by atoms with E-state index in [1.807, 2.05) is 12.2 Å². The molecule has 1 unspecified atom stereocenters. The van der Waals surface area contributed by atoms with Crippen molar-refractivity contribution in [2.24, 2.45) is 23.7 Å². The second kappa shape index (κ2) is 4.90. The summed E-state index contributed by atoms with van der Waals surface area (Å²) >= 11 is 0. The maximum absolute atomic E-state index is 11.9. The summed E-state index contributed by atoms with van der Waals surface area (Å²) in [5, 5.41) is 0. The van der Waals surface area contributed by atoms with Gasteiger partial charge in [0.1, 0.15) is 0 Å². The van der Waals surface area contributed by atoms with Crippen LogP contribution in [0.3, 0.4) is 0 Å². The number of rotatable bonds is 4. The first kappa shape index (κ1) is 12.1. The Bertz CT molecular complexity index is 315. The lowest BCUT2D eigenvalue weighted by Gasteiger charge is -2.24. The Labute approximate surface area is 101 Å². The van der Waals surface area contributed by atoms with E-state index in [4.69, 9.17) is 9.47 Å². The molecule has 0 spiro atoms. The highest BCUT2D eigenvalue weighted by atomic mass is 16.5. The number of allylic oxidation sites excluding steroid dienone is 2. The molecule has 2 aliphatic rings. The largest absolute Gasteiger partial charge is 0.466 e. The van der Waals surface area contributed by atoms with E-state index in [2.05, 4.69) is 0 Å². The quantitative estimate of drug-likeness (QED) is 0.551. The normalized spacial score (nSPS) is 33.8. The minimum atomic E-state index is -0.344. The molecule has 0 amide bonds. The van der Waals surface area contributed by atoms with E-state index in [1.165, 1.54) is 0 Å². The number of carbonyl (C=O) groups excluding carboxylic acids is 2. The molecule has 2 aliphatic carbocycles. The predicted octanol–water partition coefficient (Wildman–Crippen LogP) is 1.55. The molecule has 0 saturated heterocycles. The third kappa shape index (κ3) is 2.08. The molecule has 0 radical (unpaired) electrons. The average molecular weight is 238 g/mol. The fourth-order valence-electron chi connectivity index (χ4n) is 2.94. The van der Waals surface area contributed by atoms with Crippen molar-refractivity contribution in [1.29, 1.82) is 0 Å². The third-order valence-electron chi connectivity index (χ3n) is 3.58. The van der Waals surface area contributed by atoms with Gasteiger partial charge in [-0.1, -0.05) is 12.2 Å². The van der Waals surface area contributed by atoms with Crippen LogP contribution in [0.15, 0.2) is 12.2 Å². The topological polar surface area (TPSA) is 52.6 Å². The molecule has 4 atom stereocenters. The maximum atomic E-state index is 11.9. The molecule has 2 rings (SSSR count). The lowest BCUT2D eigenvalue weighted by atomic mass is 9.83. The molecule has 94 valence electrons. The van der Waals surface area contributed by atoms with Crippen LogP contribution in [0.1, 0.15) is 20.3 Å². The molecule has 4 heteroatoms. The Kier molecular flexibility index (Phi) is 3.50. The van der Waals surface area contributed by atoms with Crippen molar-refractivity contribution in [2.75, 3.05) is 13.2 Å². The van der Waals surface area contributed by atoms with Crippen LogP contribution in [-0.2, 0) is 19.1 Å². The Morgan fingerprint density at radius 3 is 1.76 bits per heavy atom. The van der Waals surface area contributed by atoms with E-state index >= 15 is 0 Å². The summed E-state index contributed by atoms with van der Waals surface area (Å²) < 4.78 is 10.1. The zero-order valence-corrected chi connectivity index (χ0v) is 10.2. The summed E-state index contributed by atoms with van der Waals surface area (Å²) in [6.45, 7) is 4.26.